The largest absolute Gasteiger partial charge is 0.385 e. The average Bonchev–Trinajstić information content (AvgIpc) is 2.37. The van der Waals surface area contributed by atoms with Crippen molar-refractivity contribution in [2.75, 3.05) is 32.1 Å². The summed E-state index contributed by atoms with van der Waals surface area (Å²) in [6, 6.07) is 1.80. The Morgan fingerprint density at radius 3 is 3.00 bits per heavy atom. The molecule has 1 heterocycles. The molecule has 0 saturated heterocycles. The van der Waals surface area contributed by atoms with Crippen molar-refractivity contribution in [3.8, 4) is 0 Å². The highest BCUT2D eigenvalue weighted by Gasteiger charge is 2.11. The molecule has 1 rings (SSSR count). The van der Waals surface area contributed by atoms with Crippen molar-refractivity contribution in [1.82, 2.24) is 10.3 Å². The number of anilines is 1. The lowest BCUT2D eigenvalue weighted by Crippen LogP contribution is -2.30. The van der Waals surface area contributed by atoms with E-state index in [-0.39, 0.29) is 5.91 Å². The van der Waals surface area contributed by atoms with Gasteiger partial charge < -0.3 is 15.4 Å². The van der Waals surface area contributed by atoms with Crippen molar-refractivity contribution in [3.05, 3.63) is 24.0 Å². The molecule has 5 nitrogen and oxygen atoms in total. The quantitative estimate of drug-likeness (QED) is 0.771. The van der Waals surface area contributed by atoms with Crippen molar-refractivity contribution in [2.24, 2.45) is 5.92 Å². The maximum absolute atomic E-state index is 12.0. The van der Waals surface area contributed by atoms with Gasteiger partial charge in [0.05, 0.1) is 17.9 Å². The van der Waals surface area contributed by atoms with Gasteiger partial charge in [-0.05, 0) is 18.9 Å². The summed E-state index contributed by atoms with van der Waals surface area (Å²) in [5.74, 6) is 0.181. The standard InChI is InChI=1S/C13H21N3O2/c1-4-15-12-5-6-14-8-11(12)13(17)16-7-10(2)9-18-3/h5-6,8,10H,4,7,9H2,1-3H3,(H,14,15)(H,16,17). The summed E-state index contributed by atoms with van der Waals surface area (Å²) < 4.78 is 5.03. The van der Waals surface area contributed by atoms with Crippen LogP contribution in [0.25, 0.3) is 0 Å². The first-order valence-corrected chi connectivity index (χ1v) is 6.14. The molecule has 1 atom stereocenters. The van der Waals surface area contributed by atoms with E-state index in [1.807, 2.05) is 13.8 Å². The second-order valence-electron chi connectivity index (χ2n) is 4.22. The van der Waals surface area contributed by atoms with E-state index < -0.39 is 0 Å². The van der Waals surface area contributed by atoms with E-state index in [1.165, 1.54) is 0 Å². The minimum Gasteiger partial charge on any atom is -0.385 e. The van der Waals surface area contributed by atoms with Crippen molar-refractivity contribution in [3.63, 3.8) is 0 Å². The van der Waals surface area contributed by atoms with Gasteiger partial charge in [0.2, 0.25) is 0 Å². The highest BCUT2D eigenvalue weighted by molar-refractivity contribution is 5.99. The zero-order valence-corrected chi connectivity index (χ0v) is 11.2. The van der Waals surface area contributed by atoms with Gasteiger partial charge in [0.1, 0.15) is 0 Å². The van der Waals surface area contributed by atoms with Crippen molar-refractivity contribution in [2.45, 2.75) is 13.8 Å². The van der Waals surface area contributed by atoms with Crippen LogP contribution >= 0.6 is 0 Å². The Morgan fingerprint density at radius 1 is 1.56 bits per heavy atom. The lowest BCUT2D eigenvalue weighted by molar-refractivity contribution is 0.0934. The number of carbonyl (C=O) groups excluding carboxylic acids is 1. The summed E-state index contributed by atoms with van der Waals surface area (Å²) in [5, 5.41) is 6.03. The molecule has 1 aromatic rings. The number of amides is 1. The molecule has 0 fully saturated rings. The van der Waals surface area contributed by atoms with Crippen molar-refractivity contribution < 1.29 is 9.53 Å². The first kappa shape index (κ1) is 14.4. The monoisotopic (exact) mass is 251 g/mol. The number of hydrogen-bond donors (Lipinski definition) is 2. The molecule has 1 amide bonds. The van der Waals surface area contributed by atoms with Crippen LogP contribution in [0.1, 0.15) is 24.2 Å². The molecular formula is C13H21N3O2. The molecule has 0 radical (unpaired) electrons. The number of carbonyl (C=O) groups is 1. The Kier molecular flexibility index (Phi) is 6.14. The molecule has 18 heavy (non-hydrogen) atoms. The smallest absolute Gasteiger partial charge is 0.254 e. The Morgan fingerprint density at radius 2 is 2.33 bits per heavy atom. The lowest BCUT2D eigenvalue weighted by Gasteiger charge is -2.13. The number of ether oxygens (including phenoxy) is 1. The van der Waals surface area contributed by atoms with E-state index in [2.05, 4.69) is 15.6 Å². The van der Waals surface area contributed by atoms with Gasteiger partial charge in [-0.3, -0.25) is 9.78 Å². The summed E-state index contributed by atoms with van der Waals surface area (Å²) in [6.45, 7) is 6.01. The number of methoxy groups -OCH3 is 1. The summed E-state index contributed by atoms with van der Waals surface area (Å²) in [6.07, 6.45) is 3.25. The van der Waals surface area contributed by atoms with Crippen molar-refractivity contribution >= 4 is 11.6 Å². The number of rotatable bonds is 7. The van der Waals surface area contributed by atoms with Crippen LogP contribution in [0.2, 0.25) is 0 Å². The number of aromatic nitrogens is 1. The minimum absolute atomic E-state index is 0.109. The number of nitrogens with one attached hydrogen (secondary N) is 2. The fourth-order valence-corrected chi connectivity index (χ4v) is 1.63. The zero-order chi connectivity index (χ0) is 13.4. The lowest BCUT2D eigenvalue weighted by atomic mass is 10.1. The Labute approximate surface area is 108 Å². The third-order valence-corrected chi connectivity index (χ3v) is 2.50. The molecule has 0 bridgehead atoms. The van der Waals surface area contributed by atoms with Gasteiger partial charge in [-0.25, -0.2) is 0 Å². The molecule has 0 saturated carbocycles. The van der Waals surface area contributed by atoms with Gasteiger partial charge in [-0.2, -0.15) is 0 Å². The Balaban J connectivity index is 2.60. The predicted molar refractivity (Wildman–Crippen MR) is 71.8 cm³/mol. The average molecular weight is 251 g/mol. The van der Waals surface area contributed by atoms with Crippen LogP contribution in [0.3, 0.4) is 0 Å². The first-order chi connectivity index (χ1) is 8.69. The molecule has 0 aliphatic carbocycles. The Hall–Kier alpha value is -1.62. The summed E-state index contributed by atoms with van der Waals surface area (Å²) >= 11 is 0. The molecule has 0 spiro atoms. The van der Waals surface area contributed by atoms with Crippen LogP contribution in [-0.4, -0.2) is 37.7 Å². The zero-order valence-electron chi connectivity index (χ0n) is 11.2. The fraction of sp³-hybridized carbons (Fsp3) is 0.538. The molecule has 0 aliphatic heterocycles. The molecular weight excluding hydrogens is 230 g/mol. The maximum atomic E-state index is 12.0. The van der Waals surface area contributed by atoms with E-state index in [4.69, 9.17) is 4.74 Å². The molecule has 2 N–H and O–H groups in total. The Bertz CT molecular complexity index is 382. The third kappa shape index (κ3) is 4.33. The van der Waals surface area contributed by atoms with Gasteiger partial charge >= 0.3 is 0 Å². The number of hydrogen-bond acceptors (Lipinski definition) is 4. The van der Waals surface area contributed by atoms with Crippen LogP contribution in [0.4, 0.5) is 5.69 Å². The van der Waals surface area contributed by atoms with Gasteiger partial charge in [-0.15, -0.1) is 0 Å². The summed E-state index contributed by atoms with van der Waals surface area (Å²) in [4.78, 5) is 16.0. The van der Waals surface area contributed by atoms with Crippen LogP contribution in [-0.2, 0) is 4.74 Å². The van der Waals surface area contributed by atoms with Crippen LogP contribution in [0.15, 0.2) is 18.5 Å². The van der Waals surface area contributed by atoms with E-state index in [9.17, 15) is 4.79 Å². The molecule has 1 unspecified atom stereocenters. The highest BCUT2D eigenvalue weighted by Crippen LogP contribution is 2.12. The third-order valence-electron chi connectivity index (χ3n) is 2.50. The molecule has 1 aromatic heterocycles. The van der Waals surface area contributed by atoms with E-state index in [0.717, 1.165) is 12.2 Å². The highest BCUT2D eigenvalue weighted by atomic mass is 16.5. The van der Waals surface area contributed by atoms with Gasteiger partial charge in [0.15, 0.2) is 0 Å². The number of pyridine rings is 1. The van der Waals surface area contributed by atoms with Gasteiger partial charge in [-0.1, -0.05) is 6.92 Å². The first-order valence-electron chi connectivity index (χ1n) is 6.14. The van der Waals surface area contributed by atoms with E-state index in [0.29, 0.717) is 24.6 Å². The fourth-order valence-electron chi connectivity index (χ4n) is 1.63. The second-order valence-corrected chi connectivity index (χ2v) is 4.22. The van der Waals surface area contributed by atoms with Crippen LogP contribution in [0.5, 0.6) is 0 Å². The van der Waals surface area contributed by atoms with E-state index >= 15 is 0 Å². The SMILES string of the molecule is CCNc1ccncc1C(=O)NCC(C)COC. The van der Waals surface area contributed by atoms with Crippen LogP contribution < -0.4 is 10.6 Å². The minimum atomic E-state index is -0.109. The second kappa shape index (κ2) is 7.66. The summed E-state index contributed by atoms with van der Waals surface area (Å²) in [7, 11) is 1.66. The van der Waals surface area contributed by atoms with Crippen molar-refractivity contribution in [1.29, 1.82) is 0 Å². The molecule has 0 aliphatic rings. The predicted octanol–water partition coefficient (Wildman–Crippen LogP) is 1.53. The maximum Gasteiger partial charge on any atom is 0.254 e. The summed E-state index contributed by atoms with van der Waals surface area (Å²) in [5.41, 5.74) is 1.38. The molecule has 100 valence electrons. The topological polar surface area (TPSA) is 63.2 Å². The molecule has 5 heteroatoms. The van der Waals surface area contributed by atoms with Crippen LogP contribution in [0, 0.1) is 5.92 Å². The molecule has 0 aromatic carbocycles. The van der Waals surface area contributed by atoms with Gasteiger partial charge in [0.25, 0.3) is 5.91 Å². The van der Waals surface area contributed by atoms with E-state index in [1.54, 1.807) is 25.6 Å². The number of nitrogens with zero attached hydrogens (tertiary/aromatic N) is 1. The van der Waals surface area contributed by atoms with Gasteiger partial charge in [0, 0.05) is 32.6 Å². The normalized spacial score (nSPS) is 11.9.